The van der Waals surface area contributed by atoms with Crippen molar-refractivity contribution in [2.75, 3.05) is 20.8 Å². The molecule has 0 bridgehead atoms. The minimum atomic E-state index is -0.569. The normalized spacial score (nSPS) is 11.9. The average Bonchev–Trinajstić information content (AvgIpc) is 2.98. The SMILES string of the molecule is COc1cc(O)c([C@H](C[N+](=O)[O-])c2cccs2)c(OC)c1. The molecule has 0 radical (unpaired) electrons. The molecule has 21 heavy (non-hydrogen) atoms. The topological polar surface area (TPSA) is 81.8 Å². The van der Waals surface area contributed by atoms with E-state index in [1.165, 1.54) is 31.6 Å². The first-order valence-corrected chi connectivity index (χ1v) is 7.04. The van der Waals surface area contributed by atoms with Crippen LogP contribution in [0.2, 0.25) is 0 Å². The molecule has 1 heterocycles. The lowest BCUT2D eigenvalue weighted by Gasteiger charge is -2.18. The Hall–Kier alpha value is -2.28. The molecule has 0 spiro atoms. The molecule has 1 aromatic heterocycles. The number of aromatic hydroxyl groups is 1. The fourth-order valence-electron chi connectivity index (χ4n) is 2.19. The Bertz CT molecular complexity index is 627. The van der Waals surface area contributed by atoms with Gasteiger partial charge in [-0.15, -0.1) is 11.3 Å². The lowest BCUT2D eigenvalue weighted by atomic mass is 9.95. The van der Waals surface area contributed by atoms with Gasteiger partial charge in [0.2, 0.25) is 6.54 Å². The Kier molecular flexibility index (Phi) is 4.64. The Morgan fingerprint density at radius 3 is 2.67 bits per heavy atom. The van der Waals surface area contributed by atoms with E-state index in [0.717, 1.165) is 4.88 Å². The first-order chi connectivity index (χ1) is 10.1. The number of hydrogen-bond acceptors (Lipinski definition) is 6. The van der Waals surface area contributed by atoms with Gasteiger partial charge in [-0.3, -0.25) is 10.1 Å². The molecule has 0 saturated heterocycles. The second-order valence-corrected chi connectivity index (χ2v) is 5.33. The van der Waals surface area contributed by atoms with Gasteiger partial charge < -0.3 is 14.6 Å². The van der Waals surface area contributed by atoms with E-state index in [0.29, 0.717) is 17.1 Å². The van der Waals surface area contributed by atoms with Crippen LogP contribution in [0.3, 0.4) is 0 Å². The van der Waals surface area contributed by atoms with E-state index >= 15 is 0 Å². The zero-order valence-electron chi connectivity index (χ0n) is 11.6. The van der Waals surface area contributed by atoms with Crippen LogP contribution in [0, 0.1) is 10.1 Å². The third-order valence-electron chi connectivity index (χ3n) is 3.12. The van der Waals surface area contributed by atoms with Crippen LogP contribution in [0.1, 0.15) is 16.4 Å². The summed E-state index contributed by atoms with van der Waals surface area (Å²) in [6, 6.07) is 6.66. The number of hydrogen-bond donors (Lipinski definition) is 1. The maximum Gasteiger partial charge on any atom is 0.215 e. The third kappa shape index (κ3) is 3.25. The lowest BCUT2D eigenvalue weighted by Crippen LogP contribution is -2.14. The van der Waals surface area contributed by atoms with Gasteiger partial charge >= 0.3 is 0 Å². The van der Waals surface area contributed by atoms with Gasteiger partial charge in [0.1, 0.15) is 17.2 Å². The maximum atomic E-state index is 11.0. The molecule has 7 heteroatoms. The monoisotopic (exact) mass is 309 g/mol. The second-order valence-electron chi connectivity index (χ2n) is 4.35. The van der Waals surface area contributed by atoms with Crippen LogP contribution in [0.15, 0.2) is 29.6 Å². The number of rotatable bonds is 6. The predicted octanol–water partition coefficient (Wildman–Crippen LogP) is 2.88. The number of methoxy groups -OCH3 is 2. The van der Waals surface area contributed by atoms with Gasteiger partial charge in [-0.2, -0.15) is 0 Å². The largest absolute Gasteiger partial charge is 0.507 e. The van der Waals surface area contributed by atoms with Gasteiger partial charge in [0.05, 0.1) is 25.7 Å². The van der Waals surface area contributed by atoms with Gasteiger partial charge in [0, 0.05) is 21.9 Å². The van der Waals surface area contributed by atoms with E-state index in [1.807, 2.05) is 17.5 Å². The van der Waals surface area contributed by atoms with E-state index in [2.05, 4.69) is 0 Å². The Morgan fingerprint density at radius 1 is 1.38 bits per heavy atom. The fourth-order valence-corrected chi connectivity index (χ4v) is 3.01. The second kappa shape index (κ2) is 6.45. The van der Waals surface area contributed by atoms with Gasteiger partial charge in [0.25, 0.3) is 0 Å². The van der Waals surface area contributed by atoms with Crippen molar-refractivity contribution in [1.29, 1.82) is 0 Å². The van der Waals surface area contributed by atoms with Crippen molar-refractivity contribution >= 4 is 11.3 Å². The number of benzene rings is 1. The summed E-state index contributed by atoms with van der Waals surface area (Å²) >= 11 is 1.40. The highest BCUT2D eigenvalue weighted by Gasteiger charge is 2.28. The van der Waals surface area contributed by atoms with Crippen LogP contribution in [-0.2, 0) is 0 Å². The summed E-state index contributed by atoms with van der Waals surface area (Å²) in [5, 5.41) is 23.1. The molecule has 0 aliphatic carbocycles. The summed E-state index contributed by atoms with van der Waals surface area (Å²) < 4.78 is 10.3. The fraction of sp³-hybridized carbons (Fsp3) is 0.286. The lowest BCUT2D eigenvalue weighted by molar-refractivity contribution is -0.481. The molecular weight excluding hydrogens is 294 g/mol. The summed E-state index contributed by atoms with van der Waals surface area (Å²) in [6.07, 6.45) is 0. The van der Waals surface area contributed by atoms with Gasteiger partial charge in [-0.25, -0.2) is 0 Å². The van der Waals surface area contributed by atoms with Crippen molar-refractivity contribution in [2.45, 2.75) is 5.92 Å². The van der Waals surface area contributed by atoms with E-state index in [-0.39, 0.29) is 12.3 Å². The predicted molar refractivity (Wildman–Crippen MR) is 79.2 cm³/mol. The molecular formula is C14H15NO5S. The number of thiophene rings is 1. The molecule has 2 rings (SSSR count). The molecule has 0 aliphatic heterocycles. The van der Waals surface area contributed by atoms with Crippen molar-refractivity contribution in [3.05, 3.63) is 50.2 Å². The highest BCUT2D eigenvalue weighted by molar-refractivity contribution is 7.10. The van der Waals surface area contributed by atoms with Crippen LogP contribution < -0.4 is 9.47 Å². The van der Waals surface area contributed by atoms with Crippen LogP contribution in [-0.4, -0.2) is 30.8 Å². The first kappa shape index (κ1) is 15.1. The molecule has 0 amide bonds. The zero-order chi connectivity index (χ0) is 15.4. The quantitative estimate of drug-likeness (QED) is 0.655. The van der Waals surface area contributed by atoms with Crippen molar-refractivity contribution < 1.29 is 19.5 Å². The standard InChI is InChI=1S/C14H15NO5S/c1-19-9-6-11(16)14(12(7-9)20-2)10(8-15(17)18)13-4-3-5-21-13/h3-7,10,16H,8H2,1-2H3/t10-/m1/s1. The molecule has 0 aliphatic rings. The van der Waals surface area contributed by atoms with Crippen molar-refractivity contribution in [3.63, 3.8) is 0 Å². The van der Waals surface area contributed by atoms with Crippen LogP contribution in [0.5, 0.6) is 17.2 Å². The van der Waals surface area contributed by atoms with E-state index in [1.54, 1.807) is 6.07 Å². The zero-order valence-corrected chi connectivity index (χ0v) is 12.4. The Labute approximate surface area is 125 Å². The number of ether oxygens (including phenoxy) is 2. The first-order valence-electron chi connectivity index (χ1n) is 6.17. The van der Waals surface area contributed by atoms with E-state index in [9.17, 15) is 15.2 Å². The molecule has 0 saturated carbocycles. The molecule has 1 aromatic carbocycles. The van der Waals surface area contributed by atoms with Crippen LogP contribution in [0.25, 0.3) is 0 Å². The minimum absolute atomic E-state index is 0.0774. The minimum Gasteiger partial charge on any atom is -0.507 e. The molecule has 0 fully saturated rings. The van der Waals surface area contributed by atoms with Crippen molar-refractivity contribution in [3.8, 4) is 17.2 Å². The maximum absolute atomic E-state index is 11.0. The highest BCUT2D eigenvalue weighted by Crippen LogP contribution is 2.42. The number of nitrogens with zero attached hydrogens (tertiary/aromatic N) is 1. The molecule has 112 valence electrons. The number of phenols is 1. The van der Waals surface area contributed by atoms with E-state index in [4.69, 9.17) is 9.47 Å². The van der Waals surface area contributed by atoms with Crippen molar-refractivity contribution in [2.24, 2.45) is 0 Å². The van der Waals surface area contributed by atoms with Crippen LogP contribution >= 0.6 is 11.3 Å². The average molecular weight is 309 g/mol. The van der Waals surface area contributed by atoms with Gasteiger partial charge in [-0.1, -0.05) is 6.07 Å². The summed E-state index contributed by atoms with van der Waals surface area (Å²) in [4.78, 5) is 11.4. The van der Waals surface area contributed by atoms with Gasteiger partial charge in [0.15, 0.2) is 0 Å². The summed E-state index contributed by atoms with van der Waals surface area (Å²) in [6.45, 7) is -0.323. The Morgan fingerprint density at radius 2 is 2.14 bits per heavy atom. The van der Waals surface area contributed by atoms with E-state index < -0.39 is 10.8 Å². The molecule has 1 N–H and O–H groups in total. The summed E-state index contributed by atoms with van der Waals surface area (Å²) in [5.41, 5.74) is 0.400. The summed E-state index contributed by atoms with van der Waals surface area (Å²) in [7, 11) is 2.93. The molecule has 6 nitrogen and oxygen atoms in total. The Balaban J connectivity index is 2.56. The number of phenolic OH excluding ortho intramolecular Hbond substituents is 1. The third-order valence-corrected chi connectivity index (χ3v) is 4.10. The molecule has 2 aromatic rings. The highest BCUT2D eigenvalue weighted by atomic mass is 32.1. The van der Waals surface area contributed by atoms with Gasteiger partial charge in [-0.05, 0) is 11.4 Å². The number of nitro groups is 1. The molecule has 1 atom stereocenters. The summed E-state index contributed by atoms with van der Waals surface area (Å²) in [5.74, 6) is 0.151. The molecule has 0 unspecified atom stereocenters. The van der Waals surface area contributed by atoms with Crippen LogP contribution in [0.4, 0.5) is 0 Å². The smallest absolute Gasteiger partial charge is 0.215 e. The van der Waals surface area contributed by atoms with Crippen molar-refractivity contribution in [1.82, 2.24) is 0 Å².